The van der Waals surface area contributed by atoms with Gasteiger partial charge in [-0.05, 0) is 40.3 Å². The Morgan fingerprint density at radius 3 is 2.52 bits per heavy atom. The van der Waals surface area contributed by atoms with E-state index in [0.717, 1.165) is 32.5 Å². The SMILES string of the molecule is CCCCCN(C(C)C)C1CC2(CCC1NC)OCCO2. The van der Waals surface area contributed by atoms with E-state index < -0.39 is 0 Å². The van der Waals surface area contributed by atoms with Crippen LogP contribution in [0.15, 0.2) is 0 Å². The molecule has 1 spiro atoms. The van der Waals surface area contributed by atoms with E-state index in [9.17, 15) is 0 Å². The predicted molar refractivity (Wildman–Crippen MR) is 86.5 cm³/mol. The maximum absolute atomic E-state index is 5.98. The van der Waals surface area contributed by atoms with Gasteiger partial charge in [-0.2, -0.15) is 0 Å². The average molecular weight is 298 g/mol. The number of likely N-dealkylation sites (N-methyl/N-ethyl adjacent to an activating group) is 1. The monoisotopic (exact) mass is 298 g/mol. The lowest BCUT2D eigenvalue weighted by atomic mass is 9.84. The van der Waals surface area contributed by atoms with Crippen LogP contribution in [0.25, 0.3) is 0 Å². The topological polar surface area (TPSA) is 33.7 Å². The van der Waals surface area contributed by atoms with E-state index in [4.69, 9.17) is 9.47 Å². The summed E-state index contributed by atoms with van der Waals surface area (Å²) in [5, 5.41) is 3.53. The highest BCUT2D eigenvalue weighted by Gasteiger charge is 2.46. The fourth-order valence-electron chi connectivity index (χ4n) is 3.93. The van der Waals surface area contributed by atoms with Crippen LogP contribution in [0, 0.1) is 0 Å². The summed E-state index contributed by atoms with van der Waals surface area (Å²) < 4.78 is 12.0. The summed E-state index contributed by atoms with van der Waals surface area (Å²) in [6.45, 7) is 9.60. The van der Waals surface area contributed by atoms with Gasteiger partial charge in [-0.15, -0.1) is 0 Å². The second-order valence-corrected chi connectivity index (χ2v) is 6.85. The normalized spacial score (nSPS) is 28.9. The Bertz CT molecular complexity index is 303. The zero-order valence-electron chi connectivity index (χ0n) is 14.4. The Morgan fingerprint density at radius 2 is 1.95 bits per heavy atom. The molecule has 0 aromatic carbocycles. The summed E-state index contributed by atoms with van der Waals surface area (Å²) >= 11 is 0. The number of hydrogen-bond acceptors (Lipinski definition) is 4. The summed E-state index contributed by atoms with van der Waals surface area (Å²) in [5.41, 5.74) is 0. The minimum Gasteiger partial charge on any atom is -0.347 e. The zero-order valence-corrected chi connectivity index (χ0v) is 14.4. The molecule has 2 unspecified atom stereocenters. The van der Waals surface area contributed by atoms with Crippen molar-refractivity contribution >= 4 is 0 Å². The highest BCUT2D eigenvalue weighted by molar-refractivity contribution is 4.96. The molecule has 2 aliphatic rings. The van der Waals surface area contributed by atoms with Crippen LogP contribution < -0.4 is 5.32 Å². The van der Waals surface area contributed by atoms with Gasteiger partial charge in [-0.25, -0.2) is 0 Å². The third-order valence-corrected chi connectivity index (χ3v) is 5.11. The summed E-state index contributed by atoms with van der Waals surface area (Å²) in [6.07, 6.45) is 7.05. The number of ether oxygens (including phenoxy) is 2. The van der Waals surface area contributed by atoms with Crippen molar-refractivity contribution in [3.05, 3.63) is 0 Å². The van der Waals surface area contributed by atoms with Gasteiger partial charge in [-0.1, -0.05) is 19.8 Å². The van der Waals surface area contributed by atoms with Crippen molar-refractivity contribution in [1.29, 1.82) is 0 Å². The Hall–Kier alpha value is -0.160. The van der Waals surface area contributed by atoms with Gasteiger partial charge in [-0.3, -0.25) is 4.90 Å². The van der Waals surface area contributed by atoms with Gasteiger partial charge in [0.2, 0.25) is 0 Å². The minimum atomic E-state index is -0.296. The van der Waals surface area contributed by atoms with E-state index in [-0.39, 0.29) is 5.79 Å². The van der Waals surface area contributed by atoms with Gasteiger partial charge in [0.05, 0.1) is 13.2 Å². The first kappa shape index (κ1) is 17.2. The molecular weight excluding hydrogens is 264 g/mol. The molecule has 2 fully saturated rings. The first-order valence-corrected chi connectivity index (χ1v) is 8.83. The van der Waals surface area contributed by atoms with E-state index in [1.165, 1.54) is 25.8 Å². The minimum absolute atomic E-state index is 0.296. The third kappa shape index (κ3) is 4.19. The molecule has 0 radical (unpaired) electrons. The van der Waals surface area contributed by atoms with Crippen LogP contribution in [0.3, 0.4) is 0 Å². The fraction of sp³-hybridized carbons (Fsp3) is 1.00. The second kappa shape index (κ2) is 7.91. The van der Waals surface area contributed by atoms with Gasteiger partial charge < -0.3 is 14.8 Å². The van der Waals surface area contributed by atoms with Gasteiger partial charge in [0.25, 0.3) is 0 Å². The molecule has 4 nitrogen and oxygen atoms in total. The molecule has 21 heavy (non-hydrogen) atoms. The largest absolute Gasteiger partial charge is 0.347 e. The molecular formula is C17H34N2O2. The first-order valence-electron chi connectivity index (χ1n) is 8.83. The van der Waals surface area contributed by atoms with Crippen molar-refractivity contribution in [2.75, 3.05) is 26.8 Å². The van der Waals surface area contributed by atoms with Gasteiger partial charge >= 0.3 is 0 Å². The molecule has 0 amide bonds. The summed E-state index contributed by atoms with van der Waals surface area (Å²) in [4.78, 5) is 2.67. The molecule has 124 valence electrons. The number of nitrogens with zero attached hydrogens (tertiary/aromatic N) is 1. The molecule has 2 atom stereocenters. The van der Waals surface area contributed by atoms with Crippen molar-refractivity contribution in [2.24, 2.45) is 0 Å². The standard InChI is InChI=1S/C17H34N2O2/c1-5-6-7-10-19(14(2)3)16-13-17(20-11-12-21-17)9-8-15(16)18-4/h14-16,18H,5-13H2,1-4H3. The van der Waals surface area contributed by atoms with Crippen molar-refractivity contribution in [3.8, 4) is 0 Å². The van der Waals surface area contributed by atoms with Gasteiger partial charge in [0.1, 0.15) is 0 Å². The molecule has 1 saturated carbocycles. The van der Waals surface area contributed by atoms with Crippen molar-refractivity contribution < 1.29 is 9.47 Å². The predicted octanol–water partition coefficient (Wildman–Crippen LogP) is 2.77. The quantitative estimate of drug-likeness (QED) is 0.733. The number of unbranched alkanes of at least 4 members (excludes halogenated alkanes) is 2. The van der Waals surface area contributed by atoms with E-state index >= 15 is 0 Å². The molecule has 0 aromatic heterocycles. The molecule has 4 heteroatoms. The molecule has 0 bridgehead atoms. The van der Waals surface area contributed by atoms with E-state index in [1.807, 2.05) is 0 Å². The second-order valence-electron chi connectivity index (χ2n) is 6.85. The van der Waals surface area contributed by atoms with Gasteiger partial charge in [0, 0.05) is 31.0 Å². The smallest absolute Gasteiger partial charge is 0.170 e. The Labute approximate surface area is 130 Å². The van der Waals surface area contributed by atoms with Crippen molar-refractivity contribution in [3.63, 3.8) is 0 Å². The highest BCUT2D eigenvalue weighted by Crippen LogP contribution is 2.38. The summed E-state index contributed by atoms with van der Waals surface area (Å²) in [6, 6.07) is 1.63. The lowest BCUT2D eigenvalue weighted by molar-refractivity contribution is -0.194. The lowest BCUT2D eigenvalue weighted by Crippen LogP contribution is -2.58. The van der Waals surface area contributed by atoms with E-state index in [2.05, 4.69) is 38.0 Å². The molecule has 2 rings (SSSR count). The van der Waals surface area contributed by atoms with Crippen LogP contribution in [-0.4, -0.2) is 55.6 Å². The van der Waals surface area contributed by atoms with Crippen LogP contribution in [-0.2, 0) is 9.47 Å². The van der Waals surface area contributed by atoms with E-state index in [1.54, 1.807) is 0 Å². The summed E-state index contributed by atoms with van der Waals surface area (Å²) in [5.74, 6) is -0.296. The van der Waals surface area contributed by atoms with Crippen LogP contribution in [0.1, 0.15) is 59.3 Å². The molecule has 1 saturated heterocycles. The first-order chi connectivity index (χ1) is 10.1. The van der Waals surface area contributed by atoms with Crippen LogP contribution in [0.4, 0.5) is 0 Å². The molecule has 1 heterocycles. The lowest BCUT2D eigenvalue weighted by Gasteiger charge is -2.47. The van der Waals surface area contributed by atoms with Crippen LogP contribution >= 0.6 is 0 Å². The third-order valence-electron chi connectivity index (χ3n) is 5.11. The molecule has 1 aliphatic carbocycles. The van der Waals surface area contributed by atoms with Crippen LogP contribution in [0.5, 0.6) is 0 Å². The van der Waals surface area contributed by atoms with Crippen molar-refractivity contribution in [1.82, 2.24) is 10.2 Å². The van der Waals surface area contributed by atoms with Gasteiger partial charge in [0.15, 0.2) is 5.79 Å². The maximum atomic E-state index is 5.98. The van der Waals surface area contributed by atoms with Crippen molar-refractivity contribution in [2.45, 2.75) is 83.2 Å². The Morgan fingerprint density at radius 1 is 1.24 bits per heavy atom. The number of hydrogen-bond donors (Lipinski definition) is 1. The van der Waals surface area contributed by atoms with E-state index in [0.29, 0.717) is 18.1 Å². The molecule has 1 aliphatic heterocycles. The molecule has 1 N–H and O–H groups in total. The zero-order chi connectivity index (χ0) is 15.3. The molecule has 0 aromatic rings. The Balaban J connectivity index is 2.05. The number of rotatable bonds is 7. The number of nitrogens with one attached hydrogen (secondary N) is 1. The average Bonchev–Trinajstić information content (AvgIpc) is 2.91. The fourth-order valence-corrected chi connectivity index (χ4v) is 3.93. The maximum Gasteiger partial charge on any atom is 0.170 e. The summed E-state index contributed by atoms with van der Waals surface area (Å²) in [7, 11) is 2.09. The Kier molecular flexibility index (Phi) is 6.48. The van der Waals surface area contributed by atoms with Crippen LogP contribution in [0.2, 0.25) is 0 Å². The highest BCUT2D eigenvalue weighted by atomic mass is 16.7.